The Balaban J connectivity index is 1.66. The number of furan rings is 1. The summed E-state index contributed by atoms with van der Waals surface area (Å²) in [7, 11) is 1.56. The molecule has 146 valence electrons. The molecule has 0 bridgehead atoms. The monoisotopic (exact) mass is 385 g/mol. The van der Waals surface area contributed by atoms with E-state index in [9.17, 15) is 9.18 Å². The van der Waals surface area contributed by atoms with Crippen LogP contribution in [0.15, 0.2) is 59.0 Å². The number of nitrogens with one attached hydrogen (secondary N) is 1. The van der Waals surface area contributed by atoms with Crippen molar-refractivity contribution in [1.82, 2.24) is 0 Å². The summed E-state index contributed by atoms with van der Waals surface area (Å²) in [6, 6.07) is 14.3. The van der Waals surface area contributed by atoms with Gasteiger partial charge in [-0.3, -0.25) is 4.79 Å². The molecule has 0 radical (unpaired) electrons. The normalized spacial score (nSPS) is 10.4. The van der Waals surface area contributed by atoms with Gasteiger partial charge in [-0.15, -0.1) is 0 Å². The van der Waals surface area contributed by atoms with Gasteiger partial charge in [0.05, 0.1) is 19.4 Å². The van der Waals surface area contributed by atoms with E-state index in [1.165, 1.54) is 18.2 Å². The average molecular weight is 385 g/mol. The first-order valence-electron chi connectivity index (χ1n) is 8.69. The fourth-order valence-corrected chi connectivity index (χ4v) is 2.52. The minimum Gasteiger partial charge on any atom is -0.493 e. The van der Waals surface area contributed by atoms with E-state index in [0.717, 1.165) is 0 Å². The summed E-state index contributed by atoms with van der Waals surface area (Å²) >= 11 is 0. The molecular formula is C21H20FNO5. The van der Waals surface area contributed by atoms with Gasteiger partial charge in [-0.25, -0.2) is 4.39 Å². The molecule has 0 spiro atoms. The van der Waals surface area contributed by atoms with Crippen molar-refractivity contribution in [2.24, 2.45) is 0 Å². The first-order valence-corrected chi connectivity index (χ1v) is 8.69. The number of methoxy groups -OCH3 is 1. The number of halogens is 1. The summed E-state index contributed by atoms with van der Waals surface area (Å²) in [6.07, 6.45) is 0. The largest absolute Gasteiger partial charge is 0.493 e. The Kier molecular flexibility index (Phi) is 6.16. The van der Waals surface area contributed by atoms with E-state index < -0.39 is 11.7 Å². The van der Waals surface area contributed by atoms with E-state index in [1.54, 1.807) is 38.3 Å². The summed E-state index contributed by atoms with van der Waals surface area (Å²) in [5.74, 6) is 1.07. The second-order valence-corrected chi connectivity index (χ2v) is 5.73. The molecule has 0 aliphatic carbocycles. The van der Waals surface area contributed by atoms with E-state index >= 15 is 0 Å². The van der Waals surface area contributed by atoms with Gasteiger partial charge in [0.1, 0.15) is 23.9 Å². The van der Waals surface area contributed by atoms with Crippen LogP contribution in [0, 0.1) is 5.82 Å². The highest BCUT2D eigenvalue weighted by Crippen LogP contribution is 2.28. The van der Waals surface area contributed by atoms with Crippen LogP contribution in [0.3, 0.4) is 0 Å². The van der Waals surface area contributed by atoms with Crippen LogP contribution in [0.25, 0.3) is 0 Å². The standard InChI is InChI=1S/C21H20FNO5/c1-3-26-20-12-14(22)8-10-16(20)23-21(24)19-11-9-15(28-19)13-27-18-7-5-4-6-17(18)25-2/h4-12H,3,13H2,1-2H3,(H,23,24). The van der Waals surface area contributed by atoms with Crippen molar-refractivity contribution in [2.45, 2.75) is 13.5 Å². The molecule has 0 aliphatic heterocycles. The third kappa shape index (κ3) is 4.62. The summed E-state index contributed by atoms with van der Waals surface area (Å²) in [5.41, 5.74) is 0.358. The van der Waals surface area contributed by atoms with Gasteiger partial charge < -0.3 is 23.9 Å². The Morgan fingerprint density at radius 1 is 1.04 bits per heavy atom. The molecule has 0 unspecified atom stereocenters. The zero-order valence-electron chi connectivity index (χ0n) is 15.5. The molecular weight excluding hydrogens is 365 g/mol. The first kappa shape index (κ1) is 19.3. The Labute approximate surface area is 161 Å². The van der Waals surface area contributed by atoms with Gasteiger partial charge in [-0.1, -0.05) is 12.1 Å². The molecule has 1 N–H and O–H groups in total. The maximum Gasteiger partial charge on any atom is 0.291 e. The van der Waals surface area contributed by atoms with Crippen LogP contribution in [-0.4, -0.2) is 19.6 Å². The lowest BCUT2D eigenvalue weighted by molar-refractivity contribution is 0.0992. The Morgan fingerprint density at radius 3 is 2.57 bits per heavy atom. The number of hydrogen-bond donors (Lipinski definition) is 1. The highest BCUT2D eigenvalue weighted by molar-refractivity contribution is 6.03. The number of para-hydroxylation sites is 2. The second-order valence-electron chi connectivity index (χ2n) is 5.73. The van der Waals surface area contributed by atoms with Crippen molar-refractivity contribution >= 4 is 11.6 Å². The summed E-state index contributed by atoms with van der Waals surface area (Å²) in [6.45, 7) is 2.25. The molecule has 1 amide bonds. The van der Waals surface area contributed by atoms with Crippen molar-refractivity contribution in [3.63, 3.8) is 0 Å². The van der Waals surface area contributed by atoms with Crippen molar-refractivity contribution in [2.75, 3.05) is 19.0 Å². The predicted octanol–water partition coefficient (Wildman–Crippen LogP) is 4.66. The number of ether oxygens (including phenoxy) is 3. The number of amides is 1. The third-order valence-corrected chi connectivity index (χ3v) is 3.82. The molecule has 28 heavy (non-hydrogen) atoms. The Morgan fingerprint density at radius 2 is 1.82 bits per heavy atom. The van der Waals surface area contributed by atoms with Gasteiger partial charge >= 0.3 is 0 Å². The molecule has 6 nitrogen and oxygen atoms in total. The van der Waals surface area contributed by atoms with Gasteiger partial charge in [-0.2, -0.15) is 0 Å². The Hall–Kier alpha value is -3.48. The van der Waals surface area contributed by atoms with Gasteiger partial charge in [0.15, 0.2) is 17.3 Å². The molecule has 3 aromatic rings. The van der Waals surface area contributed by atoms with Crippen LogP contribution in [-0.2, 0) is 6.61 Å². The maximum absolute atomic E-state index is 13.4. The van der Waals surface area contributed by atoms with Crippen LogP contribution in [0.1, 0.15) is 23.2 Å². The first-order chi connectivity index (χ1) is 13.6. The highest BCUT2D eigenvalue weighted by Gasteiger charge is 2.15. The fourth-order valence-electron chi connectivity index (χ4n) is 2.52. The molecule has 3 rings (SSSR count). The quantitative estimate of drug-likeness (QED) is 0.611. The van der Waals surface area contributed by atoms with Crippen LogP contribution in [0.4, 0.5) is 10.1 Å². The van der Waals surface area contributed by atoms with Gasteiger partial charge in [0.2, 0.25) is 0 Å². The number of hydrogen-bond acceptors (Lipinski definition) is 5. The van der Waals surface area contributed by atoms with E-state index in [1.807, 2.05) is 12.1 Å². The maximum atomic E-state index is 13.4. The predicted molar refractivity (Wildman–Crippen MR) is 102 cm³/mol. The summed E-state index contributed by atoms with van der Waals surface area (Å²) in [5, 5.41) is 2.66. The molecule has 0 saturated heterocycles. The van der Waals surface area contributed by atoms with Crippen molar-refractivity contribution in [1.29, 1.82) is 0 Å². The molecule has 2 aromatic carbocycles. The van der Waals surface area contributed by atoms with E-state index in [4.69, 9.17) is 18.6 Å². The summed E-state index contributed by atoms with van der Waals surface area (Å²) in [4.78, 5) is 12.4. The van der Waals surface area contributed by atoms with Crippen LogP contribution >= 0.6 is 0 Å². The fraction of sp³-hybridized carbons (Fsp3) is 0.190. The number of carbonyl (C=O) groups excluding carboxylic acids is 1. The SMILES string of the molecule is CCOc1cc(F)ccc1NC(=O)c1ccc(COc2ccccc2OC)o1. The lowest BCUT2D eigenvalue weighted by atomic mass is 10.2. The lowest BCUT2D eigenvalue weighted by Gasteiger charge is -2.11. The third-order valence-electron chi connectivity index (χ3n) is 3.82. The van der Waals surface area contributed by atoms with E-state index in [-0.39, 0.29) is 18.1 Å². The zero-order valence-corrected chi connectivity index (χ0v) is 15.5. The van der Waals surface area contributed by atoms with Crippen molar-refractivity contribution in [3.8, 4) is 17.2 Å². The Bertz CT molecular complexity index is 953. The molecule has 0 fully saturated rings. The highest BCUT2D eigenvalue weighted by atomic mass is 19.1. The van der Waals surface area contributed by atoms with E-state index in [2.05, 4.69) is 5.32 Å². The summed E-state index contributed by atoms with van der Waals surface area (Å²) < 4.78 is 35.2. The minimum absolute atomic E-state index is 0.102. The smallest absolute Gasteiger partial charge is 0.291 e. The van der Waals surface area contributed by atoms with Crippen LogP contribution in [0.5, 0.6) is 17.2 Å². The minimum atomic E-state index is -0.476. The number of anilines is 1. The van der Waals surface area contributed by atoms with Crippen molar-refractivity contribution < 1.29 is 27.8 Å². The topological polar surface area (TPSA) is 69.9 Å². The molecule has 1 aromatic heterocycles. The lowest BCUT2D eigenvalue weighted by Crippen LogP contribution is -2.12. The van der Waals surface area contributed by atoms with Gasteiger partial charge in [0.25, 0.3) is 5.91 Å². The second kappa shape index (κ2) is 8.94. The van der Waals surface area contributed by atoms with Gasteiger partial charge in [0, 0.05) is 6.07 Å². The molecule has 0 atom stereocenters. The zero-order chi connectivity index (χ0) is 19.9. The van der Waals surface area contributed by atoms with Crippen LogP contribution < -0.4 is 19.5 Å². The number of rotatable bonds is 8. The van der Waals surface area contributed by atoms with Crippen molar-refractivity contribution in [3.05, 3.63) is 71.9 Å². The van der Waals surface area contributed by atoms with E-state index in [0.29, 0.717) is 29.6 Å². The number of benzene rings is 2. The average Bonchev–Trinajstić information content (AvgIpc) is 3.18. The molecule has 0 aliphatic rings. The molecule has 1 heterocycles. The molecule has 7 heteroatoms. The number of carbonyl (C=O) groups is 1. The van der Waals surface area contributed by atoms with Crippen LogP contribution in [0.2, 0.25) is 0 Å². The van der Waals surface area contributed by atoms with Gasteiger partial charge in [-0.05, 0) is 43.3 Å². The molecule has 0 saturated carbocycles.